The number of likely N-dealkylation sites (tertiary alicyclic amines) is 1. The van der Waals surface area contributed by atoms with Crippen molar-refractivity contribution < 1.29 is 4.79 Å². The molecule has 2 aliphatic heterocycles. The van der Waals surface area contributed by atoms with Gasteiger partial charge in [0.2, 0.25) is 5.91 Å². The first kappa shape index (κ1) is 17.7. The van der Waals surface area contributed by atoms with E-state index in [2.05, 4.69) is 21.7 Å². The molecule has 1 aromatic heterocycles. The molecule has 0 atom stereocenters. The van der Waals surface area contributed by atoms with Gasteiger partial charge in [-0.1, -0.05) is 0 Å². The van der Waals surface area contributed by atoms with Gasteiger partial charge in [-0.25, -0.2) is 0 Å². The zero-order chi connectivity index (χ0) is 14.7. The van der Waals surface area contributed by atoms with Gasteiger partial charge in [-0.3, -0.25) is 9.69 Å². The predicted molar refractivity (Wildman–Crippen MR) is 93.8 cm³/mol. The summed E-state index contributed by atoms with van der Waals surface area (Å²) >= 11 is 1.83. The molecular weight excluding hydrogens is 318 g/mol. The van der Waals surface area contributed by atoms with Crippen molar-refractivity contribution in [2.24, 2.45) is 5.92 Å². The Morgan fingerprint density at radius 3 is 2.86 bits per heavy atom. The van der Waals surface area contributed by atoms with Crippen LogP contribution in [-0.4, -0.2) is 55.5 Å². The van der Waals surface area contributed by atoms with E-state index >= 15 is 0 Å². The van der Waals surface area contributed by atoms with E-state index in [0.29, 0.717) is 12.5 Å². The molecule has 0 saturated carbocycles. The van der Waals surface area contributed by atoms with E-state index in [1.165, 1.54) is 23.3 Å². The lowest BCUT2D eigenvalue weighted by Crippen LogP contribution is -2.45. The van der Waals surface area contributed by atoms with Crippen molar-refractivity contribution in [2.45, 2.75) is 25.8 Å². The second kappa shape index (κ2) is 8.29. The highest BCUT2D eigenvalue weighted by molar-refractivity contribution is 7.10. The molecule has 1 N–H and O–H groups in total. The van der Waals surface area contributed by atoms with E-state index in [1.54, 1.807) is 0 Å². The molecule has 0 spiro atoms. The fraction of sp³-hybridized carbons (Fsp3) is 0.688. The summed E-state index contributed by atoms with van der Waals surface area (Å²) in [4.78, 5) is 18.3. The maximum atomic E-state index is 12.5. The van der Waals surface area contributed by atoms with Crippen LogP contribution in [0.2, 0.25) is 0 Å². The van der Waals surface area contributed by atoms with Gasteiger partial charge < -0.3 is 10.2 Å². The number of thiophene rings is 1. The third-order valence-corrected chi connectivity index (χ3v) is 5.74. The number of halogens is 1. The first-order valence-electron chi connectivity index (χ1n) is 7.96. The minimum atomic E-state index is 0. The number of carbonyl (C=O) groups is 1. The van der Waals surface area contributed by atoms with Crippen molar-refractivity contribution in [1.29, 1.82) is 0 Å². The maximum Gasteiger partial charge on any atom is 0.237 e. The molecule has 4 nitrogen and oxygen atoms in total. The van der Waals surface area contributed by atoms with Crippen LogP contribution in [0.5, 0.6) is 0 Å². The number of amides is 1. The van der Waals surface area contributed by atoms with Crippen molar-refractivity contribution in [3.05, 3.63) is 21.9 Å². The third kappa shape index (κ3) is 4.22. The normalized spacial score (nSPS) is 19.6. The summed E-state index contributed by atoms with van der Waals surface area (Å²) in [7, 11) is 2.02. The highest BCUT2D eigenvalue weighted by Crippen LogP contribution is 2.24. The lowest BCUT2D eigenvalue weighted by molar-refractivity contribution is -0.133. The summed E-state index contributed by atoms with van der Waals surface area (Å²) in [6.07, 6.45) is 3.45. The van der Waals surface area contributed by atoms with E-state index in [1.807, 2.05) is 23.3 Å². The van der Waals surface area contributed by atoms with Crippen molar-refractivity contribution in [1.82, 2.24) is 15.1 Å². The average molecular weight is 344 g/mol. The monoisotopic (exact) mass is 343 g/mol. The Morgan fingerprint density at radius 2 is 2.14 bits per heavy atom. The Hall–Kier alpha value is -0.620. The Morgan fingerprint density at radius 1 is 1.36 bits per heavy atom. The van der Waals surface area contributed by atoms with Gasteiger partial charge in [-0.05, 0) is 68.9 Å². The number of fused-ring (bicyclic) bond motifs is 1. The van der Waals surface area contributed by atoms with E-state index in [9.17, 15) is 4.79 Å². The molecule has 1 saturated heterocycles. The quantitative estimate of drug-likeness (QED) is 0.908. The molecule has 3 heterocycles. The zero-order valence-corrected chi connectivity index (χ0v) is 14.8. The predicted octanol–water partition coefficient (Wildman–Crippen LogP) is 1.99. The van der Waals surface area contributed by atoms with Crippen LogP contribution in [0.15, 0.2) is 11.4 Å². The molecule has 3 rings (SSSR count). The standard InChI is InChI=1S/C16H25N3OS.ClH/c1-17-10-13-2-6-18(7-3-13)12-16(20)19-8-4-15-14(11-19)5-9-21-15;/h5,9,13,17H,2-4,6-8,10-12H2,1H3;1H. The number of hydrogen-bond donors (Lipinski definition) is 1. The summed E-state index contributed by atoms with van der Waals surface area (Å²) in [6.45, 7) is 5.54. The molecular formula is C16H26ClN3OS. The molecule has 0 unspecified atom stereocenters. The Bertz CT molecular complexity index is 485. The van der Waals surface area contributed by atoms with Crippen molar-refractivity contribution >= 4 is 29.7 Å². The number of carbonyl (C=O) groups excluding carboxylic acids is 1. The number of nitrogens with one attached hydrogen (secondary N) is 1. The van der Waals surface area contributed by atoms with Gasteiger partial charge in [0.05, 0.1) is 6.54 Å². The molecule has 0 aromatic carbocycles. The summed E-state index contributed by atoms with van der Waals surface area (Å²) in [5.74, 6) is 1.09. The number of hydrogen-bond acceptors (Lipinski definition) is 4. The second-order valence-corrected chi connectivity index (χ2v) is 7.21. The molecule has 6 heteroatoms. The van der Waals surface area contributed by atoms with Crippen LogP contribution in [0.4, 0.5) is 0 Å². The summed E-state index contributed by atoms with van der Waals surface area (Å²) < 4.78 is 0. The van der Waals surface area contributed by atoms with Crippen molar-refractivity contribution in [3.63, 3.8) is 0 Å². The largest absolute Gasteiger partial charge is 0.337 e. The minimum Gasteiger partial charge on any atom is -0.337 e. The van der Waals surface area contributed by atoms with Crippen LogP contribution in [0.3, 0.4) is 0 Å². The molecule has 1 fully saturated rings. The van der Waals surface area contributed by atoms with Gasteiger partial charge in [-0.15, -0.1) is 23.7 Å². The van der Waals surface area contributed by atoms with Gasteiger partial charge in [0.15, 0.2) is 0 Å². The summed E-state index contributed by atoms with van der Waals surface area (Å²) in [6, 6.07) is 2.17. The topological polar surface area (TPSA) is 35.6 Å². The van der Waals surface area contributed by atoms with E-state index < -0.39 is 0 Å². The highest BCUT2D eigenvalue weighted by atomic mass is 35.5. The Kier molecular flexibility index (Phi) is 6.68. The molecule has 0 aliphatic carbocycles. The average Bonchev–Trinajstić information content (AvgIpc) is 2.97. The lowest BCUT2D eigenvalue weighted by Gasteiger charge is -2.34. The van der Waals surface area contributed by atoms with Gasteiger partial charge in [0.1, 0.15) is 0 Å². The van der Waals surface area contributed by atoms with Crippen LogP contribution in [-0.2, 0) is 17.8 Å². The van der Waals surface area contributed by atoms with Gasteiger partial charge in [-0.2, -0.15) is 0 Å². The number of rotatable bonds is 4. The molecule has 1 amide bonds. The van der Waals surface area contributed by atoms with E-state index in [0.717, 1.165) is 45.1 Å². The van der Waals surface area contributed by atoms with E-state index in [4.69, 9.17) is 0 Å². The SMILES string of the molecule is CNCC1CCN(CC(=O)N2CCc3sccc3C2)CC1.Cl. The first-order valence-corrected chi connectivity index (χ1v) is 8.84. The summed E-state index contributed by atoms with van der Waals surface area (Å²) in [5, 5.41) is 5.40. The van der Waals surface area contributed by atoms with Crippen LogP contribution >= 0.6 is 23.7 Å². The van der Waals surface area contributed by atoms with Crippen molar-refractivity contribution in [3.8, 4) is 0 Å². The van der Waals surface area contributed by atoms with Gasteiger partial charge in [0.25, 0.3) is 0 Å². The highest BCUT2D eigenvalue weighted by Gasteiger charge is 2.25. The molecule has 0 radical (unpaired) electrons. The number of piperidine rings is 1. The molecule has 124 valence electrons. The van der Waals surface area contributed by atoms with Crippen LogP contribution < -0.4 is 5.32 Å². The second-order valence-electron chi connectivity index (χ2n) is 6.21. The maximum absolute atomic E-state index is 12.5. The van der Waals surface area contributed by atoms with E-state index in [-0.39, 0.29) is 12.4 Å². The fourth-order valence-electron chi connectivity index (χ4n) is 3.39. The molecule has 2 aliphatic rings. The van der Waals surface area contributed by atoms with Gasteiger partial charge in [0, 0.05) is 18.0 Å². The minimum absolute atomic E-state index is 0. The first-order chi connectivity index (χ1) is 10.3. The Balaban J connectivity index is 0.00000176. The number of nitrogens with zero attached hydrogens (tertiary/aromatic N) is 2. The third-order valence-electron chi connectivity index (χ3n) is 4.72. The smallest absolute Gasteiger partial charge is 0.237 e. The van der Waals surface area contributed by atoms with Crippen LogP contribution in [0, 0.1) is 5.92 Å². The molecule has 1 aromatic rings. The summed E-state index contributed by atoms with van der Waals surface area (Å²) in [5.41, 5.74) is 1.35. The lowest BCUT2D eigenvalue weighted by atomic mass is 9.97. The Labute approximate surface area is 143 Å². The van der Waals surface area contributed by atoms with Crippen molar-refractivity contribution in [2.75, 3.05) is 39.8 Å². The fourth-order valence-corrected chi connectivity index (χ4v) is 4.28. The zero-order valence-electron chi connectivity index (χ0n) is 13.2. The van der Waals surface area contributed by atoms with Gasteiger partial charge >= 0.3 is 0 Å². The molecule has 22 heavy (non-hydrogen) atoms. The van der Waals surface area contributed by atoms with Crippen LogP contribution in [0.25, 0.3) is 0 Å². The molecule has 0 bridgehead atoms. The van der Waals surface area contributed by atoms with Crippen LogP contribution in [0.1, 0.15) is 23.3 Å².